The van der Waals surface area contributed by atoms with E-state index in [1.165, 1.54) is 11.8 Å². The predicted octanol–water partition coefficient (Wildman–Crippen LogP) is 1.07. The zero-order chi connectivity index (χ0) is 24.3. The normalized spacial score (nSPS) is 20.3. The van der Waals surface area contributed by atoms with E-state index in [0.717, 1.165) is 28.4 Å². The van der Waals surface area contributed by atoms with Crippen LogP contribution in [0.5, 0.6) is 0 Å². The summed E-state index contributed by atoms with van der Waals surface area (Å²) >= 11 is 2.67. The fourth-order valence-corrected chi connectivity index (χ4v) is 6.04. The van der Waals surface area contributed by atoms with Gasteiger partial charge in [-0.25, -0.2) is 4.79 Å². The second-order valence-corrected chi connectivity index (χ2v) is 10.4. The molecule has 33 heavy (non-hydrogen) atoms. The highest BCUT2D eigenvalue weighted by atomic mass is 32.2. The van der Waals surface area contributed by atoms with Crippen molar-refractivity contribution in [3.8, 4) is 0 Å². The minimum Gasteiger partial charge on any atom is -0.481 e. The fourth-order valence-electron chi connectivity index (χ4n) is 2.80. The SMILES string of the molecule is O=C(O)CSc1nc(SCC2=C(C(=O)O)N3C(=O)C(NC(=O)CSC(F)(F)F)[C@@H]3SC2)n[nH]1. The van der Waals surface area contributed by atoms with Crippen molar-refractivity contribution in [2.24, 2.45) is 0 Å². The first-order valence-electron chi connectivity index (χ1n) is 8.76. The van der Waals surface area contributed by atoms with Crippen molar-refractivity contribution in [1.29, 1.82) is 0 Å². The number of carboxylic acid groups (broad SMARTS) is 2. The van der Waals surface area contributed by atoms with Gasteiger partial charge in [0.15, 0.2) is 5.16 Å². The highest BCUT2D eigenvalue weighted by molar-refractivity contribution is 8.01. The summed E-state index contributed by atoms with van der Waals surface area (Å²) in [5.41, 5.74) is -4.43. The Kier molecular flexibility index (Phi) is 8.12. The van der Waals surface area contributed by atoms with Crippen molar-refractivity contribution >= 4 is 70.8 Å². The standard InChI is InChI=1S/C15H14F3N5O6S4/c16-15(17,18)33-3-6(24)19-8-10(27)23-9(12(28)29)5(1-30-11(8)23)2-31-13-20-14(22-21-13)32-4-7(25)26/h8,11H,1-4H2,(H,19,24)(H,25,26)(H,28,29)(H,20,21,22)/t8?,11-/m0/s1. The van der Waals surface area contributed by atoms with Crippen LogP contribution in [0, 0.1) is 0 Å². The third-order valence-electron chi connectivity index (χ3n) is 4.09. The van der Waals surface area contributed by atoms with Crippen LogP contribution in [0.4, 0.5) is 13.2 Å². The number of fused-ring (bicyclic) bond motifs is 1. The van der Waals surface area contributed by atoms with Gasteiger partial charge in [-0.2, -0.15) is 18.2 Å². The largest absolute Gasteiger partial charge is 0.481 e. The minimum absolute atomic E-state index is 0.130. The van der Waals surface area contributed by atoms with Crippen LogP contribution in [0.15, 0.2) is 21.6 Å². The minimum atomic E-state index is -4.59. The number of hydrogen-bond acceptors (Lipinski definition) is 10. The van der Waals surface area contributed by atoms with Crippen molar-refractivity contribution in [2.45, 2.75) is 27.2 Å². The summed E-state index contributed by atoms with van der Waals surface area (Å²) in [7, 11) is 0. The molecular formula is C15H14F3N5O6S4. The van der Waals surface area contributed by atoms with E-state index in [4.69, 9.17) is 5.11 Å². The van der Waals surface area contributed by atoms with Crippen molar-refractivity contribution in [2.75, 3.05) is 23.0 Å². The van der Waals surface area contributed by atoms with Gasteiger partial charge in [0.2, 0.25) is 11.1 Å². The number of H-pyrrole nitrogens is 1. The number of alkyl halides is 3. The Morgan fingerprint density at radius 2 is 1.97 bits per heavy atom. The van der Waals surface area contributed by atoms with Crippen LogP contribution in [-0.4, -0.2) is 94.0 Å². The Labute approximate surface area is 200 Å². The number of nitrogens with one attached hydrogen (secondary N) is 2. The zero-order valence-corrected chi connectivity index (χ0v) is 19.4. The molecule has 3 heterocycles. The van der Waals surface area contributed by atoms with E-state index in [-0.39, 0.29) is 33.3 Å². The van der Waals surface area contributed by atoms with Gasteiger partial charge >= 0.3 is 17.4 Å². The van der Waals surface area contributed by atoms with Gasteiger partial charge in [0.1, 0.15) is 17.1 Å². The maximum Gasteiger partial charge on any atom is 0.442 e. The highest BCUT2D eigenvalue weighted by Gasteiger charge is 2.54. The van der Waals surface area contributed by atoms with Crippen molar-refractivity contribution in [3.63, 3.8) is 0 Å². The number of aromatic nitrogens is 3. The second kappa shape index (κ2) is 10.5. The summed E-state index contributed by atoms with van der Waals surface area (Å²) < 4.78 is 36.7. The van der Waals surface area contributed by atoms with Crippen molar-refractivity contribution in [1.82, 2.24) is 25.4 Å². The van der Waals surface area contributed by atoms with Crippen LogP contribution < -0.4 is 5.32 Å². The van der Waals surface area contributed by atoms with Gasteiger partial charge in [-0.05, 0) is 17.3 Å². The Morgan fingerprint density at radius 1 is 1.24 bits per heavy atom. The van der Waals surface area contributed by atoms with Crippen molar-refractivity contribution in [3.05, 3.63) is 11.3 Å². The Bertz CT molecular complexity index is 1000. The summed E-state index contributed by atoms with van der Waals surface area (Å²) in [6.45, 7) is 0. The molecule has 2 aliphatic heterocycles. The lowest BCUT2D eigenvalue weighted by atomic mass is 10.0. The smallest absolute Gasteiger partial charge is 0.442 e. The molecule has 2 aliphatic rings. The number of aliphatic carboxylic acids is 2. The summed E-state index contributed by atoms with van der Waals surface area (Å²) in [5, 5.41) is 26.8. The van der Waals surface area contributed by atoms with Crippen LogP contribution in [-0.2, 0) is 19.2 Å². The third-order valence-corrected chi connectivity index (χ3v) is 7.94. The average Bonchev–Trinajstić information content (AvgIpc) is 3.19. The topological polar surface area (TPSA) is 166 Å². The molecule has 3 rings (SSSR count). The molecular weight excluding hydrogens is 531 g/mol. The van der Waals surface area contributed by atoms with E-state index in [0.29, 0.717) is 5.57 Å². The monoisotopic (exact) mass is 545 g/mol. The first-order chi connectivity index (χ1) is 15.5. The lowest BCUT2D eigenvalue weighted by molar-refractivity contribution is -0.150. The zero-order valence-electron chi connectivity index (χ0n) is 16.1. The number of β-lactam (4-membered cyclic amide) rings is 1. The molecule has 2 amide bonds. The Morgan fingerprint density at radius 3 is 2.61 bits per heavy atom. The number of amides is 2. The molecule has 1 fully saturated rings. The van der Waals surface area contributed by atoms with Gasteiger partial charge in [0.05, 0.1) is 11.5 Å². The van der Waals surface area contributed by atoms with Gasteiger partial charge in [0, 0.05) is 11.5 Å². The highest BCUT2D eigenvalue weighted by Crippen LogP contribution is 2.41. The van der Waals surface area contributed by atoms with E-state index in [1.54, 1.807) is 0 Å². The second-order valence-electron chi connectivity index (χ2n) is 6.34. The molecule has 1 aromatic rings. The van der Waals surface area contributed by atoms with Crippen LogP contribution in [0.3, 0.4) is 0 Å². The predicted molar refractivity (Wildman–Crippen MR) is 114 cm³/mol. The molecule has 0 spiro atoms. The summed E-state index contributed by atoms with van der Waals surface area (Å²) in [6.07, 6.45) is 0. The maximum absolute atomic E-state index is 12.5. The van der Waals surface area contributed by atoms with Crippen LogP contribution in [0.25, 0.3) is 0 Å². The number of rotatable bonds is 10. The number of nitrogens with zero attached hydrogens (tertiary/aromatic N) is 3. The van der Waals surface area contributed by atoms with Crippen LogP contribution >= 0.6 is 47.0 Å². The Hall–Kier alpha value is -2.05. The average molecular weight is 546 g/mol. The molecule has 0 aromatic carbocycles. The van der Waals surface area contributed by atoms with Crippen LogP contribution in [0.1, 0.15) is 0 Å². The number of hydrogen-bond donors (Lipinski definition) is 4. The first-order valence-corrected chi connectivity index (χ1v) is 12.8. The Balaban J connectivity index is 1.62. The number of halogens is 3. The van der Waals surface area contributed by atoms with Gasteiger partial charge in [-0.3, -0.25) is 24.4 Å². The molecule has 180 valence electrons. The van der Waals surface area contributed by atoms with Gasteiger partial charge in [-0.1, -0.05) is 23.5 Å². The molecule has 0 saturated carbocycles. The van der Waals surface area contributed by atoms with E-state index in [9.17, 15) is 37.5 Å². The molecule has 0 aliphatic carbocycles. The first kappa shape index (κ1) is 25.6. The molecule has 1 unspecified atom stereocenters. The molecule has 0 radical (unpaired) electrons. The molecule has 4 N–H and O–H groups in total. The molecule has 18 heteroatoms. The molecule has 1 saturated heterocycles. The van der Waals surface area contributed by atoms with Gasteiger partial charge < -0.3 is 15.5 Å². The number of carboxylic acids is 2. The molecule has 11 nitrogen and oxygen atoms in total. The quantitative estimate of drug-likeness (QED) is 0.244. The molecule has 0 bridgehead atoms. The lowest BCUT2D eigenvalue weighted by Crippen LogP contribution is -2.70. The van der Waals surface area contributed by atoms with Crippen LogP contribution in [0.2, 0.25) is 0 Å². The number of aromatic amines is 1. The summed E-state index contributed by atoms with van der Waals surface area (Å²) in [5.74, 6) is -4.85. The van der Waals surface area contributed by atoms with E-state index >= 15 is 0 Å². The fraction of sp³-hybridized carbons (Fsp3) is 0.467. The van der Waals surface area contributed by atoms with Gasteiger partial charge in [-0.15, -0.1) is 16.9 Å². The summed E-state index contributed by atoms with van der Waals surface area (Å²) in [6, 6.07) is -1.11. The number of carbonyl (C=O) groups is 4. The van der Waals surface area contributed by atoms with E-state index in [2.05, 4.69) is 20.5 Å². The van der Waals surface area contributed by atoms with E-state index < -0.39 is 58.2 Å². The van der Waals surface area contributed by atoms with E-state index in [1.807, 2.05) is 0 Å². The third kappa shape index (κ3) is 6.51. The molecule has 1 aromatic heterocycles. The summed E-state index contributed by atoms with van der Waals surface area (Å²) in [4.78, 5) is 51.8. The lowest BCUT2D eigenvalue weighted by Gasteiger charge is -2.49. The maximum atomic E-state index is 12.5. The number of thioether (sulfide) groups is 4. The van der Waals surface area contributed by atoms with Gasteiger partial charge in [0.25, 0.3) is 5.91 Å². The molecule has 2 atom stereocenters. The number of carbonyl (C=O) groups excluding carboxylic acids is 2. The van der Waals surface area contributed by atoms with Crippen molar-refractivity contribution < 1.29 is 42.6 Å².